The van der Waals surface area contributed by atoms with Gasteiger partial charge < -0.3 is 19.9 Å². The first kappa shape index (κ1) is 21.4. The highest BCUT2D eigenvalue weighted by Gasteiger charge is 2.29. The molecule has 0 spiro atoms. The fourth-order valence-electron chi connectivity index (χ4n) is 3.86. The van der Waals surface area contributed by atoms with E-state index in [0.717, 1.165) is 16.7 Å². The smallest absolute Gasteiger partial charge is 0.305 e. The maximum absolute atomic E-state index is 12.5. The van der Waals surface area contributed by atoms with Gasteiger partial charge in [-0.05, 0) is 28.8 Å². The quantitative estimate of drug-likeness (QED) is 0.643. The first-order valence-corrected chi connectivity index (χ1v) is 10.6. The number of carbonyl (C=O) groups is 2. The summed E-state index contributed by atoms with van der Waals surface area (Å²) in [6, 6.07) is 17.4. The largest absolute Gasteiger partial charge is 0.490 e. The summed E-state index contributed by atoms with van der Waals surface area (Å²) in [6.45, 7) is 0.974. The number of benzene rings is 2. The highest BCUT2D eigenvalue weighted by atomic mass is 16.6. The molecule has 1 amide bonds. The van der Waals surface area contributed by atoms with Gasteiger partial charge in [0.15, 0.2) is 5.76 Å². The third-order valence-corrected chi connectivity index (χ3v) is 5.49. The zero-order valence-corrected chi connectivity index (χ0v) is 17.6. The van der Waals surface area contributed by atoms with E-state index in [0.29, 0.717) is 31.2 Å². The van der Waals surface area contributed by atoms with E-state index in [2.05, 4.69) is 5.32 Å². The molecule has 0 aromatic heterocycles. The maximum atomic E-state index is 12.5. The monoisotopic (exact) mass is 431 g/mol. The molecular weight excluding hydrogens is 406 g/mol. The first-order chi connectivity index (χ1) is 15.6. The fourth-order valence-corrected chi connectivity index (χ4v) is 3.86. The summed E-state index contributed by atoms with van der Waals surface area (Å²) in [5.74, 6) is -0.0922. The lowest BCUT2D eigenvalue weighted by molar-refractivity contribution is -0.138. The average molecular weight is 431 g/mol. The van der Waals surface area contributed by atoms with Gasteiger partial charge in [-0.15, -0.1) is 0 Å². The summed E-state index contributed by atoms with van der Waals surface area (Å²) in [5.41, 5.74) is 3.11. The molecule has 2 unspecified atom stereocenters. The highest BCUT2D eigenvalue weighted by Crippen LogP contribution is 2.30. The van der Waals surface area contributed by atoms with Crippen LogP contribution in [0.5, 0.6) is 0 Å². The van der Waals surface area contributed by atoms with Crippen molar-refractivity contribution >= 4 is 18.0 Å². The van der Waals surface area contributed by atoms with Crippen LogP contribution in [0.25, 0.3) is 17.2 Å². The predicted octanol–water partition coefficient (Wildman–Crippen LogP) is 4.16. The Balaban J connectivity index is 1.39. The zero-order valence-electron chi connectivity index (χ0n) is 17.6. The molecule has 0 saturated carbocycles. The van der Waals surface area contributed by atoms with E-state index in [4.69, 9.17) is 9.47 Å². The summed E-state index contributed by atoms with van der Waals surface area (Å²) in [4.78, 5) is 23.9. The highest BCUT2D eigenvalue weighted by molar-refractivity contribution is 5.92. The molecule has 164 valence electrons. The lowest BCUT2D eigenvalue weighted by atomic mass is 9.89. The normalized spacial score (nSPS) is 18.4. The van der Waals surface area contributed by atoms with Crippen LogP contribution in [0.15, 0.2) is 84.3 Å². The minimum Gasteiger partial charge on any atom is -0.490 e. The average Bonchev–Trinajstić information content (AvgIpc) is 2.82. The van der Waals surface area contributed by atoms with Crippen molar-refractivity contribution in [3.63, 3.8) is 0 Å². The van der Waals surface area contributed by atoms with Crippen LogP contribution in [0.2, 0.25) is 0 Å². The Morgan fingerprint density at radius 3 is 2.50 bits per heavy atom. The maximum Gasteiger partial charge on any atom is 0.305 e. The van der Waals surface area contributed by atoms with Crippen molar-refractivity contribution in [3.8, 4) is 11.1 Å². The van der Waals surface area contributed by atoms with Crippen LogP contribution in [0, 0.1) is 5.92 Å². The van der Waals surface area contributed by atoms with Gasteiger partial charge in [-0.1, -0.05) is 60.7 Å². The number of allylic oxidation sites excluding steroid dienone is 2. The second-order valence-electron chi connectivity index (χ2n) is 7.75. The standard InChI is InChI=1S/C26H25NO5/c28-25(13-8-18-6-9-20(10-7-18)19-4-2-1-3-5-19)27-22(17-26(29)30)21-11-12-23-24(16-21)32-15-14-31-23/h1-13,21-22H,14-17H2,(H,27,28)(H,29,30)/b13-8+. The predicted molar refractivity (Wildman–Crippen MR) is 121 cm³/mol. The number of carboxylic acid groups (broad SMARTS) is 1. The molecule has 0 radical (unpaired) electrons. The molecule has 0 fully saturated rings. The van der Waals surface area contributed by atoms with E-state index in [1.165, 1.54) is 6.08 Å². The number of hydrogen-bond donors (Lipinski definition) is 2. The first-order valence-electron chi connectivity index (χ1n) is 10.6. The van der Waals surface area contributed by atoms with E-state index < -0.39 is 12.0 Å². The molecule has 6 nitrogen and oxygen atoms in total. The van der Waals surface area contributed by atoms with Crippen molar-refractivity contribution in [1.29, 1.82) is 0 Å². The van der Waals surface area contributed by atoms with Gasteiger partial charge in [-0.25, -0.2) is 0 Å². The van der Waals surface area contributed by atoms with Gasteiger partial charge in [0, 0.05) is 24.5 Å². The summed E-state index contributed by atoms with van der Waals surface area (Å²) in [5, 5.41) is 12.2. The van der Waals surface area contributed by atoms with E-state index in [1.807, 2.05) is 60.7 Å². The Morgan fingerprint density at radius 2 is 1.75 bits per heavy atom. The van der Waals surface area contributed by atoms with Crippen molar-refractivity contribution < 1.29 is 24.2 Å². The van der Waals surface area contributed by atoms with Crippen LogP contribution in [-0.4, -0.2) is 36.2 Å². The summed E-state index contributed by atoms with van der Waals surface area (Å²) < 4.78 is 11.2. The van der Waals surface area contributed by atoms with Crippen LogP contribution < -0.4 is 5.32 Å². The zero-order chi connectivity index (χ0) is 22.3. The minimum absolute atomic E-state index is 0.177. The van der Waals surface area contributed by atoms with Gasteiger partial charge in [0.2, 0.25) is 5.91 Å². The van der Waals surface area contributed by atoms with Gasteiger partial charge in [0.25, 0.3) is 0 Å². The number of rotatable bonds is 7. The Bertz CT molecular complexity index is 1050. The third-order valence-electron chi connectivity index (χ3n) is 5.49. The molecule has 0 bridgehead atoms. The van der Waals surface area contributed by atoms with Crippen molar-refractivity contribution in [3.05, 3.63) is 89.9 Å². The lowest BCUT2D eigenvalue weighted by Gasteiger charge is -2.30. The van der Waals surface area contributed by atoms with Crippen molar-refractivity contribution in [2.75, 3.05) is 13.2 Å². The van der Waals surface area contributed by atoms with Gasteiger partial charge in [0.1, 0.15) is 19.0 Å². The fraction of sp³-hybridized carbons (Fsp3) is 0.231. The Labute approximate surface area is 186 Å². The van der Waals surface area contributed by atoms with Crippen LogP contribution in [0.4, 0.5) is 0 Å². The van der Waals surface area contributed by atoms with E-state index in [9.17, 15) is 14.7 Å². The van der Waals surface area contributed by atoms with Crippen LogP contribution >= 0.6 is 0 Å². The number of aliphatic carboxylic acids is 1. The molecule has 2 aliphatic rings. The molecule has 1 heterocycles. The third kappa shape index (κ3) is 5.46. The molecule has 2 atom stereocenters. The van der Waals surface area contributed by atoms with Crippen LogP contribution in [0.1, 0.15) is 18.4 Å². The molecule has 1 aliphatic carbocycles. The van der Waals surface area contributed by atoms with Crippen molar-refractivity contribution in [1.82, 2.24) is 5.32 Å². The van der Waals surface area contributed by atoms with E-state index in [1.54, 1.807) is 12.2 Å². The van der Waals surface area contributed by atoms with E-state index in [-0.39, 0.29) is 18.2 Å². The number of hydrogen-bond acceptors (Lipinski definition) is 4. The van der Waals surface area contributed by atoms with Crippen LogP contribution in [-0.2, 0) is 19.1 Å². The summed E-state index contributed by atoms with van der Waals surface area (Å²) in [6.07, 6.45) is 7.15. The van der Waals surface area contributed by atoms with Gasteiger partial charge >= 0.3 is 5.97 Å². The topological polar surface area (TPSA) is 84.9 Å². The molecule has 1 aliphatic heterocycles. The second-order valence-corrected chi connectivity index (χ2v) is 7.75. The molecule has 32 heavy (non-hydrogen) atoms. The van der Waals surface area contributed by atoms with Crippen molar-refractivity contribution in [2.24, 2.45) is 5.92 Å². The number of ether oxygens (including phenoxy) is 2. The summed E-state index contributed by atoms with van der Waals surface area (Å²) in [7, 11) is 0. The molecule has 0 saturated heterocycles. The number of carbonyl (C=O) groups excluding carboxylic acids is 1. The SMILES string of the molecule is O=C(O)CC(NC(=O)/C=C/c1ccc(-c2ccccc2)cc1)C1C=CC2=C(C1)OCCO2. The Kier molecular flexibility index (Phi) is 6.70. The Morgan fingerprint density at radius 1 is 1.03 bits per heavy atom. The van der Waals surface area contributed by atoms with Gasteiger partial charge in [-0.2, -0.15) is 0 Å². The van der Waals surface area contributed by atoms with Gasteiger partial charge in [-0.3, -0.25) is 9.59 Å². The number of nitrogens with one attached hydrogen (secondary N) is 1. The lowest BCUT2D eigenvalue weighted by Crippen LogP contribution is -2.41. The van der Waals surface area contributed by atoms with Crippen LogP contribution in [0.3, 0.4) is 0 Å². The molecule has 4 rings (SSSR count). The minimum atomic E-state index is -0.968. The molecule has 2 aromatic rings. The molecule has 2 N–H and O–H groups in total. The molecule has 2 aromatic carbocycles. The Hall–Kier alpha value is -3.80. The van der Waals surface area contributed by atoms with Crippen molar-refractivity contribution in [2.45, 2.75) is 18.9 Å². The number of amides is 1. The second kappa shape index (κ2) is 10.0. The molecular formula is C26H25NO5. The number of carboxylic acids is 1. The van der Waals surface area contributed by atoms with Gasteiger partial charge in [0.05, 0.1) is 6.42 Å². The van der Waals surface area contributed by atoms with E-state index >= 15 is 0 Å². The molecule has 6 heteroatoms. The summed E-state index contributed by atoms with van der Waals surface area (Å²) >= 11 is 0.